The van der Waals surface area contributed by atoms with Gasteiger partial charge in [-0.05, 0) is 25.5 Å². The Kier molecular flexibility index (Phi) is 4.98. The molecule has 1 unspecified atom stereocenters. The highest BCUT2D eigenvalue weighted by Gasteiger charge is 2.23. The summed E-state index contributed by atoms with van der Waals surface area (Å²) >= 11 is 0. The van der Waals surface area contributed by atoms with Gasteiger partial charge in [-0.25, -0.2) is 0 Å². The van der Waals surface area contributed by atoms with E-state index in [0.29, 0.717) is 44.1 Å². The lowest BCUT2D eigenvalue weighted by Crippen LogP contribution is -2.41. The maximum Gasteiger partial charge on any atom is 0.226 e. The van der Waals surface area contributed by atoms with Gasteiger partial charge >= 0.3 is 0 Å². The summed E-state index contributed by atoms with van der Waals surface area (Å²) in [6.45, 7) is 2.71. The van der Waals surface area contributed by atoms with E-state index >= 15 is 0 Å². The van der Waals surface area contributed by atoms with Gasteiger partial charge in [0, 0.05) is 19.9 Å². The molecule has 7 heteroatoms. The van der Waals surface area contributed by atoms with Crippen molar-refractivity contribution < 1.29 is 18.8 Å². The minimum absolute atomic E-state index is 0.0636. The number of nitrogens with zero attached hydrogens (tertiary/aromatic N) is 3. The number of carbonyl (C=O) groups is 1. The number of amides is 1. The monoisotopic (exact) mass is 331 g/mol. The first kappa shape index (κ1) is 16.3. The quantitative estimate of drug-likeness (QED) is 0.806. The molecule has 3 rings (SSSR count). The lowest BCUT2D eigenvalue weighted by Gasteiger charge is -2.29. The number of benzene rings is 1. The zero-order valence-electron chi connectivity index (χ0n) is 13.9. The first-order chi connectivity index (χ1) is 11.6. The van der Waals surface area contributed by atoms with Gasteiger partial charge in [0.1, 0.15) is 6.61 Å². The molecule has 0 radical (unpaired) electrons. The van der Waals surface area contributed by atoms with E-state index < -0.39 is 0 Å². The fourth-order valence-electron chi connectivity index (χ4n) is 2.58. The predicted octanol–water partition coefficient (Wildman–Crippen LogP) is 2.00. The van der Waals surface area contributed by atoms with Gasteiger partial charge in [0.2, 0.25) is 11.8 Å². The molecule has 1 aromatic carbocycles. The molecule has 0 saturated heterocycles. The second-order valence-electron chi connectivity index (χ2n) is 5.86. The van der Waals surface area contributed by atoms with Crippen molar-refractivity contribution in [3.63, 3.8) is 0 Å². The van der Waals surface area contributed by atoms with Crippen molar-refractivity contribution in [1.82, 2.24) is 15.0 Å². The first-order valence-corrected chi connectivity index (χ1v) is 8.03. The minimum atomic E-state index is -0.160. The van der Waals surface area contributed by atoms with Crippen molar-refractivity contribution in [1.29, 1.82) is 0 Å². The highest BCUT2D eigenvalue weighted by atomic mass is 16.6. The molecular formula is C17H21N3O4. The molecule has 2 heterocycles. The van der Waals surface area contributed by atoms with Gasteiger partial charge in [-0.15, -0.1) is 0 Å². The van der Waals surface area contributed by atoms with Crippen molar-refractivity contribution in [2.45, 2.75) is 32.3 Å². The molecule has 24 heavy (non-hydrogen) atoms. The Hall–Kier alpha value is -2.57. The molecule has 2 aromatic rings. The van der Waals surface area contributed by atoms with Crippen molar-refractivity contribution >= 4 is 5.91 Å². The molecule has 1 atom stereocenters. The Bertz CT molecular complexity index is 701. The average Bonchev–Trinajstić information content (AvgIpc) is 3.00. The predicted molar refractivity (Wildman–Crippen MR) is 86.0 cm³/mol. The minimum Gasteiger partial charge on any atom is -0.486 e. The average molecular weight is 331 g/mol. The Morgan fingerprint density at radius 1 is 1.33 bits per heavy atom. The van der Waals surface area contributed by atoms with Crippen LogP contribution in [0.25, 0.3) is 0 Å². The fraction of sp³-hybridized carbons (Fsp3) is 0.471. The van der Waals surface area contributed by atoms with Crippen molar-refractivity contribution in [3.8, 4) is 11.5 Å². The Morgan fingerprint density at radius 3 is 2.88 bits per heavy atom. The number of ether oxygens (including phenoxy) is 2. The summed E-state index contributed by atoms with van der Waals surface area (Å²) in [7, 11) is 1.78. The van der Waals surface area contributed by atoms with Crippen molar-refractivity contribution in [2.24, 2.45) is 0 Å². The van der Waals surface area contributed by atoms with Crippen LogP contribution in [-0.4, -0.2) is 47.3 Å². The van der Waals surface area contributed by atoms with Crippen LogP contribution in [-0.2, 0) is 11.2 Å². The van der Waals surface area contributed by atoms with Crippen LogP contribution in [0.4, 0.5) is 0 Å². The third-order valence-corrected chi connectivity index (χ3v) is 3.82. The van der Waals surface area contributed by atoms with E-state index in [1.54, 1.807) is 18.9 Å². The van der Waals surface area contributed by atoms with Crippen LogP contribution in [0.3, 0.4) is 0 Å². The lowest BCUT2D eigenvalue weighted by atomic mass is 10.2. The summed E-state index contributed by atoms with van der Waals surface area (Å²) in [6, 6.07) is 7.55. The third kappa shape index (κ3) is 4.04. The van der Waals surface area contributed by atoms with Crippen LogP contribution in [0.2, 0.25) is 0 Å². The number of carbonyl (C=O) groups excluding carboxylic acids is 1. The Labute approximate surface area is 140 Å². The van der Waals surface area contributed by atoms with Gasteiger partial charge < -0.3 is 18.9 Å². The summed E-state index contributed by atoms with van der Waals surface area (Å²) in [5.74, 6) is 2.72. The van der Waals surface area contributed by atoms with Crippen LogP contribution in [0, 0.1) is 6.92 Å². The standard InChI is InChI=1S/C17H21N3O4/c1-12-18-16(24-19-12)8-5-9-17(21)20(2)10-13-11-22-14-6-3-4-7-15(14)23-13/h3-4,6-7,13H,5,8-11H2,1-2H3. The largest absolute Gasteiger partial charge is 0.486 e. The van der Waals surface area contributed by atoms with E-state index in [0.717, 1.165) is 11.5 Å². The van der Waals surface area contributed by atoms with Crippen molar-refractivity contribution in [2.75, 3.05) is 20.2 Å². The van der Waals surface area contributed by atoms with Gasteiger partial charge in [0.25, 0.3) is 0 Å². The van der Waals surface area contributed by atoms with Gasteiger partial charge in [-0.2, -0.15) is 4.98 Å². The van der Waals surface area contributed by atoms with E-state index in [1.165, 1.54) is 0 Å². The number of aryl methyl sites for hydroxylation is 2. The number of aromatic nitrogens is 2. The molecule has 0 spiro atoms. The normalized spacial score (nSPS) is 16.0. The van der Waals surface area contributed by atoms with E-state index in [-0.39, 0.29) is 12.0 Å². The van der Waals surface area contributed by atoms with Crippen LogP contribution in [0.15, 0.2) is 28.8 Å². The zero-order valence-corrected chi connectivity index (χ0v) is 13.9. The molecule has 128 valence electrons. The molecular weight excluding hydrogens is 310 g/mol. The maximum atomic E-state index is 12.2. The summed E-state index contributed by atoms with van der Waals surface area (Å²) in [5, 5.41) is 3.73. The topological polar surface area (TPSA) is 77.7 Å². The number of likely N-dealkylation sites (N-methyl/N-ethyl adjacent to an activating group) is 1. The molecule has 0 saturated carbocycles. The Morgan fingerprint density at radius 2 is 2.12 bits per heavy atom. The van der Waals surface area contributed by atoms with E-state index in [4.69, 9.17) is 14.0 Å². The van der Waals surface area contributed by atoms with Gasteiger partial charge in [-0.3, -0.25) is 4.79 Å². The summed E-state index contributed by atoms with van der Waals surface area (Å²) in [5.41, 5.74) is 0. The number of hydrogen-bond donors (Lipinski definition) is 0. The molecule has 0 fully saturated rings. The molecule has 1 amide bonds. The van der Waals surface area contributed by atoms with Gasteiger partial charge in [0.15, 0.2) is 23.4 Å². The highest BCUT2D eigenvalue weighted by molar-refractivity contribution is 5.75. The SMILES string of the molecule is Cc1noc(CCCC(=O)N(C)CC2COc3ccccc3O2)n1. The third-order valence-electron chi connectivity index (χ3n) is 3.82. The molecule has 0 aliphatic carbocycles. The van der Waals surface area contributed by atoms with Gasteiger partial charge in [0.05, 0.1) is 6.54 Å². The first-order valence-electron chi connectivity index (χ1n) is 8.03. The van der Waals surface area contributed by atoms with Crippen LogP contribution in [0.5, 0.6) is 11.5 Å². The summed E-state index contributed by atoms with van der Waals surface area (Å²) in [4.78, 5) is 18.0. The molecule has 1 aromatic heterocycles. The molecule has 0 bridgehead atoms. The van der Waals surface area contributed by atoms with Crippen molar-refractivity contribution in [3.05, 3.63) is 36.0 Å². The van der Waals surface area contributed by atoms with Crippen LogP contribution < -0.4 is 9.47 Å². The van der Waals surface area contributed by atoms with E-state index in [9.17, 15) is 4.79 Å². The van der Waals surface area contributed by atoms with Gasteiger partial charge in [-0.1, -0.05) is 17.3 Å². The number of rotatable bonds is 6. The smallest absolute Gasteiger partial charge is 0.226 e. The second-order valence-corrected chi connectivity index (χ2v) is 5.86. The fourth-order valence-corrected chi connectivity index (χ4v) is 2.58. The van der Waals surface area contributed by atoms with Crippen LogP contribution >= 0.6 is 0 Å². The number of hydrogen-bond acceptors (Lipinski definition) is 6. The summed E-state index contributed by atoms with van der Waals surface area (Å²) < 4.78 is 16.6. The summed E-state index contributed by atoms with van der Waals surface area (Å²) in [6.07, 6.45) is 1.56. The Balaban J connectivity index is 1.43. The molecule has 1 aliphatic heterocycles. The van der Waals surface area contributed by atoms with E-state index in [2.05, 4.69) is 10.1 Å². The zero-order chi connectivity index (χ0) is 16.9. The number of fused-ring (bicyclic) bond motifs is 1. The molecule has 1 aliphatic rings. The second kappa shape index (κ2) is 7.33. The highest BCUT2D eigenvalue weighted by Crippen LogP contribution is 2.30. The number of para-hydroxylation sites is 2. The van der Waals surface area contributed by atoms with Crippen LogP contribution in [0.1, 0.15) is 24.6 Å². The maximum absolute atomic E-state index is 12.2. The molecule has 7 nitrogen and oxygen atoms in total. The molecule has 0 N–H and O–H groups in total. The van der Waals surface area contributed by atoms with E-state index in [1.807, 2.05) is 24.3 Å². The lowest BCUT2D eigenvalue weighted by molar-refractivity contribution is -0.131.